The molecule has 0 saturated carbocycles. The minimum absolute atomic E-state index is 0.0357. The van der Waals surface area contributed by atoms with Crippen LogP contribution in [0.5, 0.6) is 0 Å². The van der Waals surface area contributed by atoms with Crippen LogP contribution in [0, 0.1) is 5.82 Å². The Labute approximate surface area is 146 Å². The third-order valence-electron chi connectivity index (χ3n) is 4.37. The molecule has 7 heteroatoms. The molecule has 0 radical (unpaired) electrons. The average Bonchev–Trinajstić information content (AvgIpc) is 3.06. The summed E-state index contributed by atoms with van der Waals surface area (Å²) in [4.78, 5) is 20.7. The molecular weight excluding hydrogens is 323 g/mol. The van der Waals surface area contributed by atoms with E-state index in [9.17, 15) is 9.18 Å². The third-order valence-corrected chi connectivity index (χ3v) is 4.37. The zero-order valence-corrected chi connectivity index (χ0v) is 14.6. The molecule has 3 rings (SSSR count). The van der Waals surface area contributed by atoms with Crippen molar-refractivity contribution in [1.29, 1.82) is 0 Å². The second-order valence-corrected chi connectivity index (χ2v) is 6.63. The van der Waals surface area contributed by atoms with Crippen molar-refractivity contribution >= 4 is 5.91 Å². The van der Waals surface area contributed by atoms with Crippen LogP contribution in [0.4, 0.5) is 4.39 Å². The van der Waals surface area contributed by atoms with Crippen molar-refractivity contribution in [3.63, 3.8) is 0 Å². The Morgan fingerprint density at radius 3 is 2.60 bits per heavy atom. The number of nitrogens with zero attached hydrogens (tertiary/aromatic N) is 4. The fourth-order valence-electron chi connectivity index (χ4n) is 2.84. The van der Waals surface area contributed by atoms with Crippen LogP contribution in [0.1, 0.15) is 37.0 Å². The molecule has 0 unspecified atom stereocenters. The maximum absolute atomic E-state index is 13.7. The first kappa shape index (κ1) is 17.5. The van der Waals surface area contributed by atoms with Gasteiger partial charge in [0.1, 0.15) is 5.82 Å². The Kier molecular flexibility index (Phi) is 5.43. The first-order valence-electron chi connectivity index (χ1n) is 8.59. The van der Waals surface area contributed by atoms with E-state index in [0.29, 0.717) is 36.9 Å². The van der Waals surface area contributed by atoms with Crippen LogP contribution in [0.15, 0.2) is 28.8 Å². The molecule has 0 spiro atoms. The van der Waals surface area contributed by atoms with Gasteiger partial charge in [-0.05, 0) is 11.6 Å². The Hall–Kier alpha value is -2.28. The van der Waals surface area contributed by atoms with E-state index in [1.165, 1.54) is 6.07 Å². The highest BCUT2D eigenvalue weighted by molar-refractivity contribution is 5.79. The topological polar surface area (TPSA) is 62.5 Å². The molecule has 1 saturated heterocycles. The molecule has 1 aliphatic heterocycles. The van der Waals surface area contributed by atoms with E-state index in [0.717, 1.165) is 13.1 Å². The molecule has 6 nitrogen and oxygen atoms in total. The number of rotatable bonds is 5. The lowest BCUT2D eigenvalue weighted by atomic mass is 10.1. The van der Waals surface area contributed by atoms with E-state index in [4.69, 9.17) is 4.52 Å². The van der Waals surface area contributed by atoms with Crippen molar-refractivity contribution in [2.45, 2.75) is 32.7 Å². The highest BCUT2D eigenvalue weighted by atomic mass is 19.1. The van der Waals surface area contributed by atoms with Crippen LogP contribution in [0.2, 0.25) is 0 Å². The van der Waals surface area contributed by atoms with Gasteiger partial charge in [0.2, 0.25) is 11.8 Å². The van der Waals surface area contributed by atoms with Crippen LogP contribution in [0.25, 0.3) is 0 Å². The SMILES string of the molecule is CC(C)c1nc(CN2CCN(C(=O)Cc3ccccc3F)CC2)no1. The molecule has 0 N–H and O–H groups in total. The lowest BCUT2D eigenvalue weighted by Gasteiger charge is -2.34. The van der Waals surface area contributed by atoms with Crippen LogP contribution in [0.3, 0.4) is 0 Å². The second-order valence-electron chi connectivity index (χ2n) is 6.63. The smallest absolute Gasteiger partial charge is 0.229 e. The zero-order valence-electron chi connectivity index (χ0n) is 14.6. The Morgan fingerprint density at radius 2 is 1.96 bits per heavy atom. The molecule has 2 heterocycles. The van der Waals surface area contributed by atoms with Crippen LogP contribution >= 0.6 is 0 Å². The summed E-state index contributed by atoms with van der Waals surface area (Å²) in [6.45, 7) is 7.38. The lowest BCUT2D eigenvalue weighted by molar-refractivity contribution is -0.132. The molecule has 1 aromatic carbocycles. The number of halogens is 1. The summed E-state index contributed by atoms with van der Waals surface area (Å²) in [6.07, 6.45) is 0.106. The first-order chi connectivity index (χ1) is 12.0. The number of carbonyl (C=O) groups excluding carboxylic acids is 1. The summed E-state index contributed by atoms with van der Waals surface area (Å²) < 4.78 is 18.9. The van der Waals surface area contributed by atoms with Gasteiger partial charge in [-0.2, -0.15) is 4.98 Å². The van der Waals surface area contributed by atoms with Crippen molar-refractivity contribution in [3.05, 3.63) is 47.4 Å². The number of hydrogen-bond donors (Lipinski definition) is 0. The lowest BCUT2D eigenvalue weighted by Crippen LogP contribution is -2.48. The van der Waals surface area contributed by atoms with E-state index >= 15 is 0 Å². The molecule has 1 amide bonds. The number of piperazine rings is 1. The monoisotopic (exact) mass is 346 g/mol. The second kappa shape index (κ2) is 7.74. The van der Waals surface area contributed by atoms with Gasteiger partial charge in [0, 0.05) is 32.1 Å². The maximum Gasteiger partial charge on any atom is 0.229 e. The van der Waals surface area contributed by atoms with E-state index in [1.807, 2.05) is 13.8 Å². The van der Waals surface area contributed by atoms with Crippen molar-refractivity contribution < 1.29 is 13.7 Å². The molecule has 25 heavy (non-hydrogen) atoms. The summed E-state index contributed by atoms with van der Waals surface area (Å²) >= 11 is 0. The van der Waals surface area contributed by atoms with E-state index < -0.39 is 0 Å². The summed E-state index contributed by atoms with van der Waals surface area (Å²) in [5.41, 5.74) is 0.447. The Bertz CT molecular complexity index is 723. The van der Waals surface area contributed by atoms with Crippen molar-refractivity contribution in [3.8, 4) is 0 Å². The summed E-state index contributed by atoms with van der Waals surface area (Å²) in [6, 6.07) is 6.42. The minimum atomic E-state index is -0.326. The quantitative estimate of drug-likeness (QED) is 0.831. The van der Waals surface area contributed by atoms with Crippen molar-refractivity contribution in [2.24, 2.45) is 0 Å². The molecule has 1 fully saturated rings. The summed E-state index contributed by atoms with van der Waals surface area (Å²) in [5.74, 6) is 1.18. The highest BCUT2D eigenvalue weighted by Gasteiger charge is 2.23. The van der Waals surface area contributed by atoms with Gasteiger partial charge in [0.15, 0.2) is 5.82 Å². The molecule has 134 valence electrons. The van der Waals surface area contributed by atoms with E-state index in [-0.39, 0.29) is 24.1 Å². The Balaban J connectivity index is 1.49. The predicted octanol–water partition coefficient (Wildman–Crippen LogP) is 2.22. The van der Waals surface area contributed by atoms with Crippen LogP contribution < -0.4 is 0 Å². The molecule has 0 atom stereocenters. The van der Waals surface area contributed by atoms with Gasteiger partial charge in [-0.1, -0.05) is 37.2 Å². The Morgan fingerprint density at radius 1 is 1.24 bits per heavy atom. The standard InChI is InChI=1S/C18H23FN4O2/c1-13(2)18-20-16(21-25-18)12-22-7-9-23(10-8-22)17(24)11-14-5-3-4-6-15(14)19/h3-6,13H,7-12H2,1-2H3. The van der Waals surface area contributed by atoms with Gasteiger partial charge in [0.25, 0.3) is 0 Å². The van der Waals surface area contributed by atoms with Crippen LogP contribution in [-0.4, -0.2) is 52.0 Å². The molecule has 0 bridgehead atoms. The molecule has 1 aromatic heterocycles. The van der Waals surface area contributed by atoms with E-state index in [1.54, 1.807) is 23.1 Å². The van der Waals surface area contributed by atoms with Gasteiger partial charge in [-0.25, -0.2) is 4.39 Å². The molecular formula is C18H23FN4O2. The number of aromatic nitrogens is 2. The van der Waals surface area contributed by atoms with Gasteiger partial charge >= 0.3 is 0 Å². The number of carbonyl (C=O) groups is 1. The van der Waals surface area contributed by atoms with E-state index in [2.05, 4.69) is 15.0 Å². The van der Waals surface area contributed by atoms with Crippen LogP contribution in [-0.2, 0) is 17.8 Å². The normalized spacial score (nSPS) is 15.8. The number of benzene rings is 1. The van der Waals surface area contributed by atoms with Gasteiger partial charge in [0.05, 0.1) is 13.0 Å². The van der Waals surface area contributed by atoms with Gasteiger partial charge in [-0.15, -0.1) is 0 Å². The highest BCUT2D eigenvalue weighted by Crippen LogP contribution is 2.14. The van der Waals surface area contributed by atoms with Crippen molar-refractivity contribution in [2.75, 3.05) is 26.2 Å². The predicted molar refractivity (Wildman–Crippen MR) is 90.3 cm³/mol. The third kappa shape index (κ3) is 4.42. The fourth-order valence-corrected chi connectivity index (χ4v) is 2.84. The number of amides is 1. The summed E-state index contributed by atoms with van der Waals surface area (Å²) in [7, 11) is 0. The molecule has 1 aliphatic rings. The average molecular weight is 346 g/mol. The minimum Gasteiger partial charge on any atom is -0.340 e. The largest absolute Gasteiger partial charge is 0.340 e. The summed E-state index contributed by atoms with van der Waals surface area (Å²) in [5, 5.41) is 4.00. The molecule has 2 aromatic rings. The van der Waals surface area contributed by atoms with Gasteiger partial charge in [-0.3, -0.25) is 9.69 Å². The van der Waals surface area contributed by atoms with Crippen molar-refractivity contribution in [1.82, 2.24) is 19.9 Å². The fraction of sp³-hybridized carbons (Fsp3) is 0.500. The van der Waals surface area contributed by atoms with Gasteiger partial charge < -0.3 is 9.42 Å². The molecule has 0 aliphatic carbocycles. The zero-order chi connectivity index (χ0) is 17.8. The maximum atomic E-state index is 13.7. The number of hydrogen-bond acceptors (Lipinski definition) is 5. The first-order valence-corrected chi connectivity index (χ1v) is 8.59.